The third-order valence-corrected chi connectivity index (χ3v) is 2.45. The summed E-state index contributed by atoms with van der Waals surface area (Å²) in [5, 5.41) is 2.27. The van der Waals surface area contributed by atoms with Gasteiger partial charge in [0.05, 0.1) is 10.7 Å². The van der Waals surface area contributed by atoms with Crippen LogP contribution >= 0.6 is 0 Å². The van der Waals surface area contributed by atoms with Crippen LogP contribution in [0.4, 0.5) is 4.79 Å². The van der Waals surface area contributed by atoms with Gasteiger partial charge in [-0.2, -0.15) is 0 Å². The zero-order valence-corrected chi connectivity index (χ0v) is 12.9. The van der Waals surface area contributed by atoms with Crippen LogP contribution in [-0.4, -0.2) is 37.4 Å². The van der Waals surface area contributed by atoms with Crippen LogP contribution in [0, 0.1) is 0 Å². The second kappa shape index (κ2) is 8.38. The highest BCUT2D eigenvalue weighted by Crippen LogP contribution is 2.07. The van der Waals surface area contributed by atoms with Gasteiger partial charge in [0, 0.05) is 7.04 Å². The third kappa shape index (κ3) is 7.08. The smallest absolute Gasteiger partial charge is 0.408 e. The van der Waals surface area contributed by atoms with Gasteiger partial charge in [0.2, 0.25) is 0 Å². The Bertz CT molecular complexity index is 569. The number of methoxy groups -OCH3 is 1. The summed E-state index contributed by atoms with van der Waals surface area (Å²) in [4.78, 5) is 24.0. The van der Waals surface area contributed by atoms with Crippen LogP contribution in [0.1, 0.15) is 30.4 Å². The summed E-state index contributed by atoms with van der Waals surface area (Å²) in [6.07, 6.45) is -0.872. The first-order chi connectivity index (χ1) is 11.5. The van der Waals surface area contributed by atoms with E-state index < -0.39 is 37.4 Å². The largest absolute Gasteiger partial charge is 0.459 e. The first-order valence-corrected chi connectivity index (χ1v) is 6.80. The molecule has 0 radical (unpaired) electrons. The van der Waals surface area contributed by atoms with E-state index in [0.29, 0.717) is 0 Å². The van der Waals surface area contributed by atoms with Crippen LogP contribution in [0.2, 0.25) is 0 Å². The Morgan fingerprint density at radius 3 is 2.55 bits per heavy atom. The van der Waals surface area contributed by atoms with Gasteiger partial charge in [0.1, 0.15) is 12.2 Å². The van der Waals surface area contributed by atoms with Crippen molar-refractivity contribution in [1.82, 2.24) is 5.32 Å². The lowest BCUT2D eigenvalue weighted by atomic mass is 10.2. The Kier molecular flexibility index (Phi) is 5.17. The number of carbonyl (C=O) groups excluding carboxylic acids is 2. The molecule has 1 aromatic rings. The van der Waals surface area contributed by atoms with Crippen molar-refractivity contribution in [3.8, 4) is 0 Å². The molecule has 6 nitrogen and oxygen atoms in total. The fraction of sp³-hybridized carbons (Fsp3) is 0.500. The second-order valence-electron chi connectivity index (χ2n) is 5.60. The number of amides is 1. The minimum absolute atomic E-state index is 0.0139. The Balaban J connectivity index is 2.68. The average molecular weight is 312 g/mol. The number of hydrogen-bond donors (Lipinski definition) is 1. The predicted molar refractivity (Wildman–Crippen MR) is 81.3 cm³/mol. The molecule has 1 rings (SSSR count). The molecule has 22 heavy (non-hydrogen) atoms. The molecule has 0 fully saturated rings. The van der Waals surface area contributed by atoms with Gasteiger partial charge >= 0.3 is 12.1 Å². The molecule has 1 N–H and O–H groups in total. The summed E-state index contributed by atoms with van der Waals surface area (Å²) in [5.74, 6) is -0.820. The molecule has 0 spiro atoms. The van der Waals surface area contributed by atoms with Gasteiger partial charge in [-0.05, 0) is 26.3 Å². The lowest BCUT2D eigenvalue weighted by Gasteiger charge is -2.22. The van der Waals surface area contributed by atoms with E-state index in [2.05, 4.69) is 10.1 Å². The molecule has 0 saturated heterocycles. The minimum Gasteiger partial charge on any atom is -0.459 e. The SMILES string of the molecule is [2H]C([2H])([2H])OC[C@@H](NC(=O)OC(C)(C)C)C(=O)OCc1ccccc1. The van der Waals surface area contributed by atoms with E-state index in [-0.39, 0.29) is 6.61 Å². The van der Waals surface area contributed by atoms with Crippen molar-refractivity contribution < 1.29 is 27.9 Å². The number of benzene rings is 1. The molecule has 6 heteroatoms. The normalized spacial score (nSPS) is 15.0. The lowest BCUT2D eigenvalue weighted by Crippen LogP contribution is -2.46. The molecule has 0 aliphatic heterocycles. The van der Waals surface area contributed by atoms with Crippen LogP contribution in [0.3, 0.4) is 0 Å². The number of esters is 1. The summed E-state index contributed by atoms with van der Waals surface area (Å²) in [6, 6.07) is 7.63. The van der Waals surface area contributed by atoms with Crippen molar-refractivity contribution in [1.29, 1.82) is 0 Å². The molecule has 1 amide bonds. The van der Waals surface area contributed by atoms with Crippen molar-refractivity contribution in [2.45, 2.75) is 39.0 Å². The van der Waals surface area contributed by atoms with Crippen LogP contribution in [0.15, 0.2) is 30.3 Å². The van der Waals surface area contributed by atoms with Gasteiger partial charge in [-0.25, -0.2) is 9.59 Å². The zero-order chi connectivity index (χ0) is 19.1. The number of rotatable bonds is 6. The molecule has 1 aromatic carbocycles. The van der Waals surface area contributed by atoms with Crippen molar-refractivity contribution >= 4 is 12.1 Å². The van der Waals surface area contributed by atoms with Crippen molar-refractivity contribution in [3.63, 3.8) is 0 Å². The molecule has 0 bridgehead atoms. The summed E-state index contributed by atoms with van der Waals surface area (Å²) in [6.45, 7) is 4.40. The quantitative estimate of drug-likeness (QED) is 0.816. The maximum Gasteiger partial charge on any atom is 0.408 e. The van der Waals surface area contributed by atoms with Crippen molar-refractivity contribution in [2.24, 2.45) is 0 Å². The van der Waals surface area contributed by atoms with Gasteiger partial charge in [-0.15, -0.1) is 0 Å². The Morgan fingerprint density at radius 1 is 1.27 bits per heavy atom. The first kappa shape index (κ1) is 13.6. The highest BCUT2D eigenvalue weighted by Gasteiger charge is 2.25. The van der Waals surface area contributed by atoms with Gasteiger partial charge in [0.25, 0.3) is 0 Å². The molecule has 0 unspecified atom stereocenters. The topological polar surface area (TPSA) is 73.9 Å². The molecule has 1 atom stereocenters. The van der Waals surface area contributed by atoms with E-state index >= 15 is 0 Å². The highest BCUT2D eigenvalue weighted by molar-refractivity contribution is 5.81. The fourth-order valence-corrected chi connectivity index (χ4v) is 1.53. The molecule has 0 aromatic heterocycles. The first-order valence-electron chi connectivity index (χ1n) is 8.30. The van der Waals surface area contributed by atoms with E-state index in [1.54, 1.807) is 45.0 Å². The standard InChI is InChI=1S/C16H23NO5/c1-16(2,3)22-15(19)17-13(11-20-4)14(18)21-10-12-8-6-5-7-9-12/h5-9,13H,10-11H2,1-4H3,(H,17,19)/t13-/m1/s1/i4D3. The number of hydrogen-bond acceptors (Lipinski definition) is 5. The average Bonchev–Trinajstić information content (AvgIpc) is 2.47. The van der Waals surface area contributed by atoms with Gasteiger partial charge in [-0.1, -0.05) is 30.3 Å². The fourth-order valence-electron chi connectivity index (χ4n) is 1.53. The molecular formula is C16H23NO5. The molecule has 122 valence electrons. The van der Waals surface area contributed by atoms with E-state index in [1.807, 2.05) is 6.07 Å². The molecular weight excluding hydrogens is 286 g/mol. The van der Waals surface area contributed by atoms with E-state index in [0.717, 1.165) is 5.56 Å². The van der Waals surface area contributed by atoms with E-state index in [4.69, 9.17) is 13.6 Å². The number of carbonyl (C=O) groups is 2. The Labute approximate surface area is 135 Å². The Hall–Kier alpha value is -2.08. The van der Waals surface area contributed by atoms with E-state index in [1.165, 1.54) is 0 Å². The molecule has 0 aliphatic rings. The van der Waals surface area contributed by atoms with Gasteiger partial charge in [-0.3, -0.25) is 0 Å². The van der Waals surface area contributed by atoms with Crippen molar-refractivity contribution in [3.05, 3.63) is 35.9 Å². The maximum atomic E-state index is 12.2. The second-order valence-corrected chi connectivity index (χ2v) is 5.60. The highest BCUT2D eigenvalue weighted by atomic mass is 16.6. The lowest BCUT2D eigenvalue weighted by molar-refractivity contribution is -0.148. The minimum atomic E-state index is -2.70. The molecule has 0 saturated carbocycles. The molecule has 0 heterocycles. The van der Waals surface area contributed by atoms with E-state index in [9.17, 15) is 9.59 Å². The summed E-state index contributed by atoms with van der Waals surface area (Å²) < 4.78 is 35.9. The summed E-state index contributed by atoms with van der Waals surface area (Å²) in [5.41, 5.74) is -0.0170. The Morgan fingerprint density at radius 2 is 1.95 bits per heavy atom. The predicted octanol–water partition coefficient (Wildman–Crippen LogP) is 2.27. The number of alkyl carbamates (subject to hydrolysis) is 1. The van der Waals surface area contributed by atoms with Gasteiger partial charge in [0.15, 0.2) is 6.04 Å². The number of ether oxygens (including phenoxy) is 3. The summed E-state index contributed by atoms with van der Waals surface area (Å²) in [7, 11) is -2.70. The number of nitrogens with one attached hydrogen (secondary N) is 1. The van der Waals surface area contributed by atoms with Gasteiger partial charge < -0.3 is 19.5 Å². The van der Waals surface area contributed by atoms with Crippen LogP contribution in [0.5, 0.6) is 0 Å². The van der Waals surface area contributed by atoms with Crippen LogP contribution in [0.25, 0.3) is 0 Å². The molecule has 0 aliphatic carbocycles. The third-order valence-electron chi connectivity index (χ3n) is 2.45. The monoisotopic (exact) mass is 312 g/mol. The van der Waals surface area contributed by atoms with Crippen molar-refractivity contribution in [2.75, 3.05) is 13.6 Å². The zero-order valence-electron chi connectivity index (χ0n) is 15.9. The van der Waals surface area contributed by atoms with Crippen LogP contribution in [-0.2, 0) is 25.6 Å². The van der Waals surface area contributed by atoms with Crippen LogP contribution < -0.4 is 5.32 Å². The summed E-state index contributed by atoms with van der Waals surface area (Å²) >= 11 is 0. The maximum absolute atomic E-state index is 12.2.